The van der Waals surface area contributed by atoms with Crippen LogP contribution in [0.2, 0.25) is 5.02 Å². The quantitative estimate of drug-likeness (QED) is 0.855. The van der Waals surface area contributed by atoms with Gasteiger partial charge in [-0.05, 0) is 12.1 Å². The molecule has 1 aromatic rings. The summed E-state index contributed by atoms with van der Waals surface area (Å²) in [6.07, 6.45) is 0. The van der Waals surface area contributed by atoms with Gasteiger partial charge in [-0.2, -0.15) is 11.8 Å². The van der Waals surface area contributed by atoms with Crippen molar-refractivity contribution in [3.05, 3.63) is 28.8 Å². The summed E-state index contributed by atoms with van der Waals surface area (Å²) in [6.45, 7) is 2.91. The molecule has 1 fully saturated rings. The van der Waals surface area contributed by atoms with E-state index in [1.54, 1.807) is 36.9 Å². The number of nitrogens with two attached hydrogens (primary N) is 1. The van der Waals surface area contributed by atoms with E-state index in [0.29, 0.717) is 23.0 Å². The van der Waals surface area contributed by atoms with Gasteiger partial charge in [0.2, 0.25) is 0 Å². The second-order valence-electron chi connectivity index (χ2n) is 4.76. The maximum Gasteiger partial charge on any atom is 0.166 e. The van der Waals surface area contributed by atoms with Gasteiger partial charge in [0, 0.05) is 46.6 Å². The lowest BCUT2D eigenvalue weighted by Gasteiger charge is -2.35. The van der Waals surface area contributed by atoms with Crippen molar-refractivity contribution in [3.63, 3.8) is 0 Å². The number of halogens is 1. The average molecular weight is 335 g/mol. The van der Waals surface area contributed by atoms with Crippen LogP contribution in [0.5, 0.6) is 0 Å². The molecule has 1 aromatic carbocycles. The van der Waals surface area contributed by atoms with E-state index in [0.717, 1.165) is 17.9 Å². The van der Waals surface area contributed by atoms with Crippen molar-refractivity contribution in [3.8, 4) is 0 Å². The Morgan fingerprint density at radius 2 is 2.25 bits per heavy atom. The van der Waals surface area contributed by atoms with Crippen molar-refractivity contribution >= 4 is 38.9 Å². The normalized spacial score (nSPS) is 21.0. The van der Waals surface area contributed by atoms with Crippen LogP contribution in [0, 0.1) is 0 Å². The molecule has 1 unspecified atom stereocenters. The van der Waals surface area contributed by atoms with Crippen LogP contribution < -0.4 is 5.73 Å². The Morgan fingerprint density at radius 3 is 2.90 bits per heavy atom. The van der Waals surface area contributed by atoms with Crippen LogP contribution in [0.4, 0.5) is 5.69 Å². The fourth-order valence-electron chi connectivity index (χ4n) is 2.26. The van der Waals surface area contributed by atoms with Gasteiger partial charge in [0.25, 0.3) is 0 Å². The highest BCUT2D eigenvalue weighted by Crippen LogP contribution is 2.28. The number of anilines is 1. The van der Waals surface area contributed by atoms with Crippen LogP contribution in [0.3, 0.4) is 0 Å². The average Bonchev–Trinajstić information content (AvgIpc) is 2.43. The minimum absolute atomic E-state index is 0.159. The van der Waals surface area contributed by atoms with E-state index >= 15 is 0 Å². The zero-order chi connectivity index (χ0) is 14.8. The lowest BCUT2D eigenvalue weighted by molar-refractivity contribution is 0.262. The van der Waals surface area contributed by atoms with Gasteiger partial charge in [0.05, 0.1) is 0 Å². The highest BCUT2D eigenvalue weighted by atomic mass is 35.5. The largest absolute Gasteiger partial charge is 0.398 e. The van der Waals surface area contributed by atoms with Gasteiger partial charge >= 0.3 is 0 Å². The molecule has 0 aromatic heterocycles. The van der Waals surface area contributed by atoms with Gasteiger partial charge in [-0.1, -0.05) is 24.6 Å². The summed E-state index contributed by atoms with van der Waals surface area (Å²) in [5.74, 6) is 1.70. The van der Waals surface area contributed by atoms with Crippen molar-refractivity contribution in [2.24, 2.45) is 0 Å². The molecule has 112 valence electrons. The Bertz CT molecular complexity index is 557. The van der Waals surface area contributed by atoms with Gasteiger partial charge in [-0.15, -0.1) is 0 Å². The monoisotopic (exact) mass is 334 g/mol. The number of hydrogen-bond donors (Lipinski definition) is 1. The molecule has 7 heteroatoms. The van der Waals surface area contributed by atoms with Gasteiger partial charge in [0.1, 0.15) is 5.37 Å². The first-order valence-corrected chi connectivity index (χ1v) is 9.76. The SMILES string of the molecule is CCS(=O)(=O)C1CSCCN1Cc1c(N)cccc1Cl. The first-order chi connectivity index (χ1) is 9.45. The third kappa shape index (κ3) is 3.42. The summed E-state index contributed by atoms with van der Waals surface area (Å²) in [4.78, 5) is 1.98. The molecule has 2 rings (SSSR count). The molecule has 20 heavy (non-hydrogen) atoms. The Morgan fingerprint density at radius 1 is 1.50 bits per heavy atom. The Hall–Kier alpha value is -0.430. The predicted molar refractivity (Wildman–Crippen MR) is 86.8 cm³/mol. The van der Waals surface area contributed by atoms with Gasteiger partial charge in [-0.25, -0.2) is 8.42 Å². The fraction of sp³-hybridized carbons (Fsp3) is 0.538. The first-order valence-electron chi connectivity index (χ1n) is 6.52. The van der Waals surface area contributed by atoms with Gasteiger partial charge in [0.15, 0.2) is 9.84 Å². The smallest absolute Gasteiger partial charge is 0.166 e. The molecule has 0 amide bonds. The molecule has 0 saturated carbocycles. The molecule has 0 bridgehead atoms. The highest BCUT2D eigenvalue weighted by molar-refractivity contribution is 8.01. The molecule has 1 saturated heterocycles. The van der Waals surface area contributed by atoms with E-state index in [2.05, 4.69) is 0 Å². The molecular weight excluding hydrogens is 316 g/mol. The summed E-state index contributed by atoms with van der Waals surface area (Å²) >= 11 is 7.87. The van der Waals surface area contributed by atoms with Crippen molar-refractivity contribution in [1.82, 2.24) is 4.90 Å². The molecule has 1 atom stereocenters. The standard InChI is InChI=1S/C13H19ClN2O2S2/c1-2-20(17,18)13-9-19-7-6-16(13)8-10-11(14)4-3-5-12(10)15/h3-5,13H,2,6-9,15H2,1H3. The Kier molecular flexibility index (Phi) is 5.23. The molecule has 1 heterocycles. The van der Waals surface area contributed by atoms with Crippen molar-refractivity contribution in [2.45, 2.75) is 18.8 Å². The molecule has 0 radical (unpaired) electrons. The number of thioether (sulfide) groups is 1. The molecular formula is C13H19ClN2O2S2. The minimum atomic E-state index is -3.10. The van der Waals surface area contributed by atoms with E-state index in [-0.39, 0.29) is 5.75 Å². The molecule has 4 nitrogen and oxygen atoms in total. The second kappa shape index (κ2) is 6.56. The number of rotatable bonds is 4. The highest BCUT2D eigenvalue weighted by Gasteiger charge is 2.33. The van der Waals surface area contributed by atoms with Crippen molar-refractivity contribution in [2.75, 3.05) is 29.5 Å². The van der Waals surface area contributed by atoms with E-state index in [1.165, 1.54) is 0 Å². The molecule has 0 spiro atoms. The topological polar surface area (TPSA) is 63.4 Å². The molecule has 1 aliphatic heterocycles. The van der Waals surface area contributed by atoms with E-state index in [4.69, 9.17) is 17.3 Å². The molecule has 1 aliphatic rings. The maximum absolute atomic E-state index is 12.2. The van der Waals surface area contributed by atoms with E-state index in [1.807, 2.05) is 4.90 Å². The van der Waals surface area contributed by atoms with Crippen LogP contribution in [-0.4, -0.2) is 42.5 Å². The summed E-state index contributed by atoms with van der Waals surface area (Å²) in [5.41, 5.74) is 7.39. The van der Waals surface area contributed by atoms with Crippen molar-refractivity contribution < 1.29 is 8.42 Å². The number of sulfone groups is 1. The van der Waals surface area contributed by atoms with Gasteiger partial charge < -0.3 is 5.73 Å². The summed E-state index contributed by atoms with van der Waals surface area (Å²) in [7, 11) is -3.10. The molecule has 2 N–H and O–H groups in total. The number of nitrogen functional groups attached to an aromatic ring is 1. The summed E-state index contributed by atoms with van der Waals surface area (Å²) < 4.78 is 24.4. The third-order valence-corrected chi connectivity index (χ3v) is 7.21. The fourth-order valence-corrected chi connectivity index (χ4v) is 5.59. The van der Waals surface area contributed by atoms with E-state index < -0.39 is 15.2 Å². The van der Waals surface area contributed by atoms with Crippen LogP contribution in [0.25, 0.3) is 0 Å². The Labute approximate surface area is 129 Å². The number of hydrogen-bond acceptors (Lipinski definition) is 5. The van der Waals surface area contributed by atoms with Gasteiger partial charge in [-0.3, -0.25) is 4.90 Å². The second-order valence-corrected chi connectivity index (χ2v) is 8.76. The van der Waals surface area contributed by atoms with E-state index in [9.17, 15) is 8.42 Å². The first kappa shape index (κ1) is 15.9. The summed E-state index contributed by atoms with van der Waals surface area (Å²) in [6, 6.07) is 5.38. The molecule has 0 aliphatic carbocycles. The lowest BCUT2D eigenvalue weighted by Crippen LogP contribution is -2.47. The van der Waals surface area contributed by atoms with Crippen LogP contribution in [0.1, 0.15) is 12.5 Å². The lowest BCUT2D eigenvalue weighted by atomic mass is 10.1. The Balaban J connectivity index is 2.26. The van der Waals surface area contributed by atoms with Crippen LogP contribution >= 0.6 is 23.4 Å². The zero-order valence-electron chi connectivity index (χ0n) is 11.4. The zero-order valence-corrected chi connectivity index (χ0v) is 13.8. The number of nitrogens with zero attached hydrogens (tertiary/aromatic N) is 1. The predicted octanol–water partition coefficient (Wildman–Crippen LogP) is 2.23. The van der Waals surface area contributed by atoms with Crippen molar-refractivity contribution in [1.29, 1.82) is 0 Å². The number of benzene rings is 1. The summed E-state index contributed by atoms with van der Waals surface area (Å²) in [5, 5.41) is 0.151. The minimum Gasteiger partial charge on any atom is -0.398 e. The van der Waals surface area contributed by atoms with Crippen LogP contribution in [0.15, 0.2) is 18.2 Å². The van der Waals surface area contributed by atoms with Crippen LogP contribution in [-0.2, 0) is 16.4 Å². The third-order valence-electron chi connectivity index (χ3n) is 3.52. The maximum atomic E-state index is 12.2.